The lowest BCUT2D eigenvalue weighted by atomic mass is 10.2. The third kappa shape index (κ3) is 3.53. The van der Waals surface area contributed by atoms with Crippen LogP contribution in [0, 0.1) is 6.92 Å². The summed E-state index contributed by atoms with van der Waals surface area (Å²) in [5.74, 6) is -0.0920. The Balaban J connectivity index is 2.11. The molecule has 0 unspecified atom stereocenters. The van der Waals surface area contributed by atoms with E-state index < -0.39 is 17.9 Å². The molecule has 22 heavy (non-hydrogen) atoms. The van der Waals surface area contributed by atoms with Crippen molar-refractivity contribution in [1.82, 2.24) is 10.5 Å². The average molecular weight is 308 g/mol. The maximum Gasteiger partial charge on any atom is 0.376 e. The SMILES string of the molecule is COC[C@H](NC(=O)c1cc(C(=O)OC)on1)c1ccc(C)o1. The van der Waals surface area contributed by atoms with E-state index in [1.54, 1.807) is 19.1 Å². The van der Waals surface area contributed by atoms with Gasteiger partial charge in [-0.05, 0) is 19.1 Å². The van der Waals surface area contributed by atoms with Gasteiger partial charge in [-0.15, -0.1) is 0 Å². The minimum atomic E-state index is -0.707. The predicted octanol–water partition coefficient (Wildman–Crippen LogP) is 1.48. The van der Waals surface area contributed by atoms with Gasteiger partial charge in [0.15, 0.2) is 5.69 Å². The number of hydrogen-bond donors (Lipinski definition) is 1. The fraction of sp³-hybridized carbons (Fsp3) is 0.357. The summed E-state index contributed by atoms with van der Waals surface area (Å²) in [6, 6.07) is 4.26. The number of aryl methyl sites for hydroxylation is 1. The number of methoxy groups -OCH3 is 2. The van der Waals surface area contributed by atoms with Crippen molar-refractivity contribution in [2.75, 3.05) is 20.8 Å². The fourth-order valence-corrected chi connectivity index (χ4v) is 1.81. The highest BCUT2D eigenvalue weighted by Gasteiger charge is 2.22. The van der Waals surface area contributed by atoms with Crippen LogP contribution in [0.25, 0.3) is 0 Å². The van der Waals surface area contributed by atoms with E-state index in [9.17, 15) is 9.59 Å². The van der Waals surface area contributed by atoms with Gasteiger partial charge in [0.25, 0.3) is 5.91 Å². The highest BCUT2D eigenvalue weighted by atomic mass is 16.5. The summed E-state index contributed by atoms with van der Waals surface area (Å²) in [5.41, 5.74) is -0.0372. The molecule has 1 N–H and O–H groups in total. The first-order valence-corrected chi connectivity index (χ1v) is 6.46. The van der Waals surface area contributed by atoms with Crippen molar-refractivity contribution in [2.45, 2.75) is 13.0 Å². The number of ether oxygens (including phenoxy) is 2. The number of aromatic nitrogens is 1. The third-order valence-corrected chi connectivity index (χ3v) is 2.87. The van der Waals surface area contributed by atoms with E-state index in [0.29, 0.717) is 5.76 Å². The molecule has 2 aromatic rings. The van der Waals surface area contributed by atoms with Gasteiger partial charge in [-0.25, -0.2) is 4.79 Å². The standard InChI is InChI=1S/C14H16N2O6/c1-8-4-5-11(21-8)10(7-19-2)15-13(17)9-6-12(22-16-9)14(18)20-3/h4-6,10H,7H2,1-3H3,(H,15,17)/t10-/m0/s1. The second-order valence-electron chi connectivity index (χ2n) is 4.50. The molecule has 8 heteroatoms. The Hall–Kier alpha value is -2.61. The summed E-state index contributed by atoms with van der Waals surface area (Å²) < 4.78 is 19.8. The van der Waals surface area contributed by atoms with Gasteiger partial charge in [0.1, 0.15) is 17.6 Å². The monoisotopic (exact) mass is 308 g/mol. The van der Waals surface area contributed by atoms with Crippen molar-refractivity contribution in [3.8, 4) is 0 Å². The zero-order valence-electron chi connectivity index (χ0n) is 12.4. The fourth-order valence-electron chi connectivity index (χ4n) is 1.81. The predicted molar refractivity (Wildman–Crippen MR) is 73.4 cm³/mol. The van der Waals surface area contributed by atoms with Gasteiger partial charge in [0, 0.05) is 13.2 Å². The van der Waals surface area contributed by atoms with Gasteiger partial charge in [-0.3, -0.25) is 4.79 Å². The number of hydrogen-bond acceptors (Lipinski definition) is 7. The summed E-state index contributed by atoms with van der Waals surface area (Å²) in [5, 5.41) is 6.24. The Morgan fingerprint density at radius 2 is 2.14 bits per heavy atom. The van der Waals surface area contributed by atoms with Gasteiger partial charge in [0.05, 0.1) is 13.7 Å². The number of rotatable bonds is 6. The lowest BCUT2D eigenvalue weighted by molar-refractivity contribution is 0.0554. The van der Waals surface area contributed by atoms with Crippen LogP contribution in [0.3, 0.4) is 0 Å². The van der Waals surface area contributed by atoms with E-state index in [4.69, 9.17) is 13.7 Å². The molecule has 2 heterocycles. The molecule has 0 aromatic carbocycles. The number of carbonyl (C=O) groups excluding carboxylic acids is 2. The number of carbonyl (C=O) groups is 2. The van der Waals surface area contributed by atoms with Crippen LogP contribution in [0.4, 0.5) is 0 Å². The second kappa shape index (κ2) is 6.90. The van der Waals surface area contributed by atoms with E-state index in [0.717, 1.165) is 5.76 Å². The minimum Gasteiger partial charge on any atom is -0.464 e. The lowest BCUT2D eigenvalue weighted by Gasteiger charge is -2.14. The molecule has 1 atom stereocenters. The highest BCUT2D eigenvalue weighted by Crippen LogP contribution is 2.17. The van der Waals surface area contributed by atoms with E-state index in [1.807, 2.05) is 0 Å². The topological polar surface area (TPSA) is 104 Å². The van der Waals surface area contributed by atoms with Crippen LogP contribution in [0.1, 0.15) is 38.6 Å². The van der Waals surface area contributed by atoms with Gasteiger partial charge < -0.3 is 23.7 Å². The van der Waals surface area contributed by atoms with Gasteiger partial charge in [-0.2, -0.15) is 0 Å². The third-order valence-electron chi connectivity index (χ3n) is 2.87. The first-order chi connectivity index (χ1) is 10.5. The van der Waals surface area contributed by atoms with Crippen LogP contribution in [0.15, 0.2) is 27.1 Å². The van der Waals surface area contributed by atoms with Crippen LogP contribution >= 0.6 is 0 Å². The summed E-state index contributed by atoms with van der Waals surface area (Å²) in [7, 11) is 2.72. The largest absolute Gasteiger partial charge is 0.464 e. The van der Waals surface area contributed by atoms with E-state index in [-0.39, 0.29) is 18.1 Å². The zero-order valence-corrected chi connectivity index (χ0v) is 12.4. The van der Waals surface area contributed by atoms with E-state index in [2.05, 4.69) is 15.2 Å². The first-order valence-electron chi connectivity index (χ1n) is 6.46. The molecule has 0 bridgehead atoms. The Morgan fingerprint density at radius 1 is 1.36 bits per heavy atom. The van der Waals surface area contributed by atoms with Crippen molar-refractivity contribution < 1.29 is 28.0 Å². The molecule has 0 aliphatic heterocycles. The molecule has 118 valence electrons. The van der Waals surface area contributed by atoms with Crippen molar-refractivity contribution in [3.05, 3.63) is 41.2 Å². The number of nitrogens with one attached hydrogen (secondary N) is 1. The molecule has 0 radical (unpaired) electrons. The molecule has 0 aliphatic carbocycles. The normalized spacial score (nSPS) is 12.0. The highest BCUT2D eigenvalue weighted by molar-refractivity contribution is 5.95. The maximum absolute atomic E-state index is 12.2. The van der Waals surface area contributed by atoms with Crippen LogP contribution < -0.4 is 5.32 Å². The van der Waals surface area contributed by atoms with Crippen molar-refractivity contribution >= 4 is 11.9 Å². The smallest absolute Gasteiger partial charge is 0.376 e. The number of nitrogens with zero attached hydrogens (tertiary/aromatic N) is 1. The number of amides is 1. The first kappa shape index (κ1) is 15.8. The second-order valence-corrected chi connectivity index (χ2v) is 4.50. The zero-order chi connectivity index (χ0) is 16.1. The molecule has 0 fully saturated rings. The molecular formula is C14H16N2O6. The Labute approximate surface area is 126 Å². The van der Waals surface area contributed by atoms with Crippen LogP contribution in [0.5, 0.6) is 0 Å². The number of esters is 1. The van der Waals surface area contributed by atoms with Crippen LogP contribution in [-0.4, -0.2) is 37.9 Å². The molecule has 8 nitrogen and oxygen atoms in total. The van der Waals surface area contributed by atoms with Crippen LogP contribution in [-0.2, 0) is 9.47 Å². The van der Waals surface area contributed by atoms with Gasteiger partial charge >= 0.3 is 5.97 Å². The van der Waals surface area contributed by atoms with E-state index >= 15 is 0 Å². The molecule has 2 rings (SSSR count). The molecule has 2 aromatic heterocycles. The summed E-state index contributed by atoms with van der Waals surface area (Å²) in [6.07, 6.45) is 0. The molecule has 0 aliphatic rings. The maximum atomic E-state index is 12.2. The molecular weight excluding hydrogens is 292 g/mol. The molecule has 0 saturated carbocycles. The Morgan fingerprint density at radius 3 is 2.73 bits per heavy atom. The van der Waals surface area contributed by atoms with Crippen molar-refractivity contribution in [1.29, 1.82) is 0 Å². The summed E-state index contributed by atoms with van der Waals surface area (Å²) in [4.78, 5) is 23.4. The van der Waals surface area contributed by atoms with E-state index in [1.165, 1.54) is 20.3 Å². The van der Waals surface area contributed by atoms with Crippen molar-refractivity contribution in [2.24, 2.45) is 0 Å². The summed E-state index contributed by atoms with van der Waals surface area (Å²) >= 11 is 0. The Kier molecular flexibility index (Phi) is 4.95. The average Bonchev–Trinajstić information content (AvgIpc) is 3.15. The Bertz CT molecular complexity index is 660. The van der Waals surface area contributed by atoms with Crippen LogP contribution in [0.2, 0.25) is 0 Å². The molecule has 1 amide bonds. The molecule has 0 spiro atoms. The quantitative estimate of drug-likeness (QED) is 0.806. The van der Waals surface area contributed by atoms with Gasteiger partial charge in [0.2, 0.25) is 5.76 Å². The summed E-state index contributed by atoms with van der Waals surface area (Å²) in [6.45, 7) is 2.02. The minimum absolute atomic E-state index is 0.0372. The van der Waals surface area contributed by atoms with Gasteiger partial charge in [-0.1, -0.05) is 5.16 Å². The number of furan rings is 1. The lowest BCUT2D eigenvalue weighted by Crippen LogP contribution is -2.31. The molecule has 0 saturated heterocycles. The van der Waals surface area contributed by atoms with Crippen molar-refractivity contribution in [3.63, 3.8) is 0 Å².